The van der Waals surface area contributed by atoms with Gasteiger partial charge in [0.25, 0.3) is 6.43 Å². The predicted molar refractivity (Wildman–Crippen MR) is 127 cm³/mol. The van der Waals surface area contributed by atoms with Crippen molar-refractivity contribution in [2.75, 3.05) is 25.0 Å². The minimum absolute atomic E-state index is 0.0980. The van der Waals surface area contributed by atoms with Gasteiger partial charge in [0.1, 0.15) is 11.5 Å². The van der Waals surface area contributed by atoms with Crippen LogP contribution in [0.2, 0.25) is 0 Å². The summed E-state index contributed by atoms with van der Waals surface area (Å²) in [4.78, 5) is 4.25. The highest BCUT2D eigenvalue weighted by atomic mass is 19.3. The molecule has 0 aromatic heterocycles. The molecule has 1 fully saturated rings. The van der Waals surface area contributed by atoms with E-state index >= 15 is 4.39 Å². The Morgan fingerprint density at radius 1 is 1.15 bits per heavy atom. The first-order chi connectivity index (χ1) is 15.7. The van der Waals surface area contributed by atoms with Crippen LogP contribution < -0.4 is 4.90 Å². The molecular weight excluding hydrogens is 425 g/mol. The molecule has 2 aliphatic rings. The number of likely N-dealkylation sites (tertiary alicyclic amines) is 1. The van der Waals surface area contributed by atoms with E-state index in [1.54, 1.807) is 13.1 Å². The fourth-order valence-corrected chi connectivity index (χ4v) is 4.37. The molecule has 0 bridgehead atoms. The summed E-state index contributed by atoms with van der Waals surface area (Å²) in [5.41, 5.74) is 3.92. The van der Waals surface area contributed by atoms with Crippen molar-refractivity contribution in [2.24, 2.45) is 11.0 Å². The number of hydrazone groups is 1. The van der Waals surface area contributed by atoms with Gasteiger partial charge in [0.05, 0.1) is 12.6 Å². The topological polar surface area (TPSA) is 22.1 Å². The van der Waals surface area contributed by atoms with Crippen LogP contribution in [0, 0.1) is 11.7 Å². The highest BCUT2D eigenvalue weighted by molar-refractivity contribution is 5.89. The van der Waals surface area contributed by atoms with Gasteiger partial charge >= 0.3 is 0 Å². The third-order valence-corrected chi connectivity index (χ3v) is 6.49. The molecule has 1 atom stereocenters. The second kappa shape index (κ2) is 9.33. The molecule has 33 heavy (non-hydrogen) atoms. The first-order valence-electron chi connectivity index (χ1n) is 11.0. The van der Waals surface area contributed by atoms with Crippen LogP contribution in [0.1, 0.15) is 30.5 Å². The molecule has 0 radical (unpaired) electrons. The van der Waals surface area contributed by atoms with Crippen LogP contribution in [-0.2, 0) is 6.54 Å². The smallest absolute Gasteiger partial charge is 0.278 e. The number of rotatable bonds is 8. The van der Waals surface area contributed by atoms with E-state index in [4.69, 9.17) is 0 Å². The number of anilines is 1. The molecule has 4 nitrogen and oxygen atoms in total. The van der Waals surface area contributed by atoms with Crippen LogP contribution in [-0.4, -0.2) is 42.2 Å². The van der Waals surface area contributed by atoms with Gasteiger partial charge in [-0.3, -0.25) is 5.01 Å². The van der Waals surface area contributed by atoms with Crippen molar-refractivity contribution in [1.82, 2.24) is 9.91 Å². The molecule has 4 rings (SSSR count). The number of hydrogen-bond donors (Lipinski definition) is 0. The van der Waals surface area contributed by atoms with E-state index in [9.17, 15) is 8.78 Å². The summed E-state index contributed by atoms with van der Waals surface area (Å²) in [7, 11) is 1.64. The highest BCUT2D eigenvalue weighted by Crippen LogP contribution is 2.34. The van der Waals surface area contributed by atoms with Gasteiger partial charge in [0.2, 0.25) is 0 Å². The average molecular weight is 455 g/mol. The van der Waals surface area contributed by atoms with Gasteiger partial charge in [-0.2, -0.15) is 5.10 Å². The number of hydrogen-bond acceptors (Lipinski definition) is 4. The minimum atomic E-state index is -2.60. The molecule has 2 heterocycles. The Hall–Kier alpha value is -3.22. The van der Waals surface area contributed by atoms with Crippen molar-refractivity contribution >= 4 is 11.4 Å². The Morgan fingerprint density at radius 2 is 1.85 bits per heavy atom. The van der Waals surface area contributed by atoms with Gasteiger partial charge in [0, 0.05) is 55.1 Å². The summed E-state index contributed by atoms with van der Waals surface area (Å²) in [6, 6.07) is 14.4. The number of allylic oxidation sites excluding steroid dienone is 1. The second-order valence-electron chi connectivity index (χ2n) is 8.79. The van der Waals surface area contributed by atoms with E-state index < -0.39 is 6.43 Å². The van der Waals surface area contributed by atoms with Crippen LogP contribution in [0.5, 0.6) is 0 Å². The van der Waals surface area contributed by atoms with Gasteiger partial charge in [-0.15, -0.1) is 0 Å². The average Bonchev–Trinajstić information content (AvgIpc) is 3.14. The van der Waals surface area contributed by atoms with Crippen LogP contribution >= 0.6 is 0 Å². The fraction of sp³-hybridized carbons (Fsp3) is 0.346. The van der Waals surface area contributed by atoms with Gasteiger partial charge in [-0.05, 0) is 30.7 Å². The summed E-state index contributed by atoms with van der Waals surface area (Å²) in [6.45, 7) is 12.3. The van der Waals surface area contributed by atoms with Crippen molar-refractivity contribution in [1.29, 1.82) is 0 Å². The summed E-state index contributed by atoms with van der Waals surface area (Å²) in [5.74, 6) is -0.0985. The highest BCUT2D eigenvalue weighted by Gasteiger charge is 2.33. The molecule has 0 N–H and O–H groups in total. The SMILES string of the molecule is C=C(C)N1CC(C(=C)N(Cc2ccc(C3CC(C(F)F)=NN3C)cc2F)c2ccccc2)C1. The maximum Gasteiger partial charge on any atom is 0.278 e. The quantitative estimate of drug-likeness (QED) is 0.503. The molecule has 0 spiro atoms. The van der Waals surface area contributed by atoms with Crippen LogP contribution in [0.3, 0.4) is 0 Å². The van der Waals surface area contributed by atoms with Crippen molar-refractivity contribution < 1.29 is 13.2 Å². The van der Waals surface area contributed by atoms with Crippen LogP contribution in [0.25, 0.3) is 0 Å². The van der Waals surface area contributed by atoms with Crippen molar-refractivity contribution in [3.63, 3.8) is 0 Å². The third-order valence-electron chi connectivity index (χ3n) is 6.49. The summed E-state index contributed by atoms with van der Waals surface area (Å²) in [5, 5.41) is 5.39. The van der Waals surface area contributed by atoms with Crippen molar-refractivity contribution in [3.8, 4) is 0 Å². The Balaban J connectivity index is 1.53. The zero-order chi connectivity index (χ0) is 23.7. The summed E-state index contributed by atoms with van der Waals surface area (Å²) >= 11 is 0. The van der Waals surface area contributed by atoms with Gasteiger partial charge < -0.3 is 9.80 Å². The second-order valence-corrected chi connectivity index (χ2v) is 8.79. The molecule has 0 aliphatic carbocycles. The maximum atomic E-state index is 15.2. The van der Waals surface area contributed by atoms with Gasteiger partial charge in [-0.25, -0.2) is 13.2 Å². The Labute approximate surface area is 193 Å². The normalized spacial score (nSPS) is 18.4. The molecule has 1 unspecified atom stereocenters. The Bertz CT molecular complexity index is 1060. The molecule has 0 saturated carbocycles. The van der Waals surface area contributed by atoms with E-state index in [0.29, 0.717) is 17.7 Å². The molecule has 2 aromatic carbocycles. The molecular formula is C26H29F3N4. The Kier molecular flexibility index (Phi) is 6.49. The fourth-order valence-electron chi connectivity index (χ4n) is 4.37. The number of alkyl halides is 2. The minimum Gasteiger partial charge on any atom is -0.374 e. The predicted octanol–water partition coefficient (Wildman–Crippen LogP) is 5.81. The zero-order valence-electron chi connectivity index (χ0n) is 19.0. The maximum absolute atomic E-state index is 15.2. The van der Waals surface area contributed by atoms with Gasteiger partial charge in [-0.1, -0.05) is 43.5 Å². The lowest BCUT2D eigenvalue weighted by Gasteiger charge is -2.45. The Morgan fingerprint density at radius 3 is 2.42 bits per heavy atom. The molecule has 7 heteroatoms. The monoisotopic (exact) mass is 454 g/mol. The lowest BCUT2D eigenvalue weighted by atomic mass is 9.94. The lowest BCUT2D eigenvalue weighted by molar-refractivity contribution is 0.169. The van der Waals surface area contributed by atoms with Crippen LogP contribution in [0.4, 0.5) is 18.9 Å². The third kappa shape index (κ3) is 4.77. The molecule has 0 amide bonds. The first-order valence-corrected chi connectivity index (χ1v) is 11.0. The lowest BCUT2D eigenvalue weighted by Crippen LogP contribution is -2.48. The van der Waals surface area contributed by atoms with E-state index in [0.717, 1.165) is 30.2 Å². The number of nitrogens with zero attached hydrogens (tertiary/aromatic N) is 4. The molecule has 1 saturated heterocycles. The van der Waals surface area contributed by atoms with E-state index in [1.807, 2.05) is 43.3 Å². The molecule has 2 aliphatic heterocycles. The number of halogens is 3. The van der Waals surface area contributed by atoms with E-state index in [-0.39, 0.29) is 29.9 Å². The van der Waals surface area contributed by atoms with Gasteiger partial charge in [0.15, 0.2) is 0 Å². The molecule has 174 valence electrons. The van der Waals surface area contributed by atoms with E-state index in [2.05, 4.69) is 28.1 Å². The van der Waals surface area contributed by atoms with E-state index in [1.165, 1.54) is 11.1 Å². The van der Waals surface area contributed by atoms with Crippen LogP contribution in [0.15, 0.2) is 78.2 Å². The number of benzene rings is 2. The number of para-hydroxylation sites is 1. The zero-order valence-corrected chi connectivity index (χ0v) is 19.0. The van der Waals surface area contributed by atoms with Crippen molar-refractivity contribution in [2.45, 2.75) is 32.4 Å². The van der Waals surface area contributed by atoms with Crippen molar-refractivity contribution in [3.05, 3.63) is 90.0 Å². The molecule has 2 aromatic rings. The largest absolute Gasteiger partial charge is 0.374 e. The first kappa shape index (κ1) is 23.0. The summed E-state index contributed by atoms with van der Waals surface area (Å²) < 4.78 is 41.3. The summed E-state index contributed by atoms with van der Waals surface area (Å²) in [6.07, 6.45) is -2.50. The standard InChI is InChI=1S/C26H29F3N4/c1-17(2)32-14-21(15-32)18(3)33(22-8-6-5-7-9-22)16-20-11-10-19(12-23(20)27)25-13-24(26(28)29)30-31(25)4/h5-12,21,25-26H,1,3,13-16H2,2,4H3.